The Labute approximate surface area is 166 Å². The van der Waals surface area contributed by atoms with E-state index < -0.39 is 24.4 Å². The monoisotopic (exact) mass is 387 g/mol. The van der Waals surface area contributed by atoms with Crippen LogP contribution in [0, 0.1) is 6.10 Å². The molecule has 4 N–H and O–H groups in total. The van der Waals surface area contributed by atoms with Crippen LogP contribution in [-0.4, -0.2) is 51.4 Å². The third-order valence-corrected chi connectivity index (χ3v) is 5.64. The van der Waals surface area contributed by atoms with Crippen molar-refractivity contribution in [2.24, 2.45) is 0 Å². The maximum atomic E-state index is 9.97. The predicted molar refractivity (Wildman–Crippen MR) is 108 cm³/mol. The summed E-state index contributed by atoms with van der Waals surface area (Å²) in [5, 5.41) is 38.7. The highest BCUT2D eigenvalue weighted by molar-refractivity contribution is 5.01. The first-order valence-electron chi connectivity index (χ1n) is 11.3. The zero-order valence-electron chi connectivity index (χ0n) is 17.3. The van der Waals surface area contributed by atoms with Gasteiger partial charge in [-0.15, -0.1) is 0 Å². The van der Waals surface area contributed by atoms with Crippen molar-refractivity contribution >= 4 is 0 Å². The van der Waals surface area contributed by atoms with Crippen molar-refractivity contribution in [3.8, 4) is 0 Å². The summed E-state index contributed by atoms with van der Waals surface area (Å²) < 4.78 is 5.45. The van der Waals surface area contributed by atoms with Crippen LogP contribution in [0.2, 0.25) is 0 Å². The van der Waals surface area contributed by atoms with E-state index in [2.05, 4.69) is 6.92 Å². The van der Waals surface area contributed by atoms with Crippen molar-refractivity contribution in [3.05, 3.63) is 6.10 Å². The third-order valence-electron chi connectivity index (χ3n) is 5.64. The summed E-state index contributed by atoms with van der Waals surface area (Å²) in [4.78, 5) is 0. The molecule has 0 aromatic rings. The Hall–Kier alpha value is -0.200. The molecule has 4 atom stereocenters. The van der Waals surface area contributed by atoms with Crippen LogP contribution in [0.25, 0.3) is 0 Å². The van der Waals surface area contributed by atoms with Crippen molar-refractivity contribution in [2.45, 2.75) is 128 Å². The van der Waals surface area contributed by atoms with Gasteiger partial charge in [0, 0.05) is 0 Å². The molecule has 5 heteroatoms. The molecule has 5 nitrogen and oxygen atoms in total. The first kappa shape index (κ1) is 24.8. The topological polar surface area (TPSA) is 90.2 Å². The smallest absolute Gasteiger partial charge is 0.129 e. The second-order valence-corrected chi connectivity index (χ2v) is 8.08. The largest absolute Gasteiger partial charge is 0.394 e. The maximum absolute atomic E-state index is 9.97. The Kier molecular flexibility index (Phi) is 14.4. The van der Waals surface area contributed by atoms with E-state index in [1.165, 1.54) is 77.0 Å². The van der Waals surface area contributed by atoms with Gasteiger partial charge >= 0.3 is 0 Å². The van der Waals surface area contributed by atoms with Crippen LogP contribution < -0.4 is 0 Å². The summed E-state index contributed by atoms with van der Waals surface area (Å²) in [5.41, 5.74) is 0. The molecule has 0 saturated carbocycles. The van der Waals surface area contributed by atoms with Crippen LogP contribution in [0.15, 0.2) is 0 Å². The molecular weight excluding hydrogens is 344 g/mol. The molecule has 0 bridgehead atoms. The minimum atomic E-state index is -1.28. The number of aliphatic hydroxyl groups is 4. The highest BCUT2D eigenvalue weighted by atomic mass is 16.5. The molecule has 1 aliphatic heterocycles. The molecule has 1 radical (unpaired) electrons. The molecule has 0 spiro atoms. The SMILES string of the molecule is CCCCCCCCCCCCCCCC[C]1O[C@H](CO)[C@H](O)[C@H](O)[C@H]1O. The van der Waals surface area contributed by atoms with Crippen LogP contribution in [0.1, 0.15) is 103 Å². The van der Waals surface area contributed by atoms with Crippen molar-refractivity contribution in [3.63, 3.8) is 0 Å². The van der Waals surface area contributed by atoms with Gasteiger partial charge in [-0.1, -0.05) is 96.8 Å². The van der Waals surface area contributed by atoms with Crippen molar-refractivity contribution in [1.82, 2.24) is 0 Å². The highest BCUT2D eigenvalue weighted by Gasteiger charge is 2.43. The fraction of sp³-hybridized carbons (Fsp3) is 0.955. The Balaban J connectivity index is 1.92. The lowest BCUT2D eigenvalue weighted by Crippen LogP contribution is -2.55. The Morgan fingerprint density at radius 1 is 0.667 bits per heavy atom. The summed E-state index contributed by atoms with van der Waals surface area (Å²) >= 11 is 0. The zero-order chi connectivity index (χ0) is 19.9. The molecule has 1 fully saturated rings. The molecule has 1 heterocycles. The predicted octanol–water partition coefficient (Wildman–Crippen LogP) is 3.86. The lowest BCUT2D eigenvalue weighted by Gasteiger charge is -2.39. The van der Waals surface area contributed by atoms with Gasteiger partial charge in [-0.05, 0) is 6.42 Å². The second kappa shape index (κ2) is 15.7. The third kappa shape index (κ3) is 10.2. The first-order chi connectivity index (χ1) is 13.1. The molecule has 1 aliphatic rings. The molecule has 27 heavy (non-hydrogen) atoms. The molecule has 1 rings (SSSR count). The number of unbranched alkanes of at least 4 members (excludes halogenated alkanes) is 13. The lowest BCUT2D eigenvalue weighted by atomic mass is 9.92. The van der Waals surface area contributed by atoms with Gasteiger partial charge in [0.15, 0.2) is 0 Å². The van der Waals surface area contributed by atoms with E-state index in [9.17, 15) is 20.4 Å². The second-order valence-electron chi connectivity index (χ2n) is 8.08. The average molecular weight is 388 g/mol. The van der Waals surface area contributed by atoms with Gasteiger partial charge in [0.25, 0.3) is 0 Å². The van der Waals surface area contributed by atoms with Gasteiger partial charge in [0.2, 0.25) is 0 Å². The Bertz CT molecular complexity index is 337. The van der Waals surface area contributed by atoms with E-state index in [1.54, 1.807) is 0 Å². The van der Waals surface area contributed by atoms with Gasteiger partial charge in [-0.3, -0.25) is 0 Å². The molecule has 0 aromatic carbocycles. The normalized spacial score (nSPS) is 26.6. The number of hydrogen-bond acceptors (Lipinski definition) is 5. The fourth-order valence-electron chi connectivity index (χ4n) is 3.78. The van der Waals surface area contributed by atoms with Gasteiger partial charge in [0.1, 0.15) is 30.5 Å². The van der Waals surface area contributed by atoms with Crippen molar-refractivity contribution < 1.29 is 25.2 Å². The molecule has 0 unspecified atom stereocenters. The number of hydrogen-bond donors (Lipinski definition) is 4. The fourth-order valence-corrected chi connectivity index (χ4v) is 3.78. The maximum Gasteiger partial charge on any atom is 0.129 e. The molecular formula is C22H43O5. The molecule has 1 saturated heterocycles. The number of rotatable bonds is 16. The van der Waals surface area contributed by atoms with Crippen molar-refractivity contribution in [2.75, 3.05) is 6.61 Å². The molecule has 161 valence electrons. The zero-order valence-corrected chi connectivity index (χ0v) is 17.3. The van der Waals surface area contributed by atoms with E-state index in [4.69, 9.17) is 4.74 Å². The average Bonchev–Trinajstić information content (AvgIpc) is 2.68. The van der Waals surface area contributed by atoms with E-state index in [0.29, 0.717) is 12.5 Å². The minimum absolute atomic E-state index is 0.368. The minimum Gasteiger partial charge on any atom is -0.394 e. The summed E-state index contributed by atoms with van der Waals surface area (Å²) in [7, 11) is 0. The molecule has 0 aromatic heterocycles. The van der Waals surface area contributed by atoms with Crippen LogP contribution in [-0.2, 0) is 4.74 Å². The summed E-state index contributed by atoms with van der Waals surface area (Å²) in [5.74, 6) is 0. The van der Waals surface area contributed by atoms with Crippen molar-refractivity contribution in [1.29, 1.82) is 0 Å². The summed E-state index contributed by atoms with van der Waals surface area (Å²) in [6.07, 6.45) is 14.5. The molecule has 0 aliphatic carbocycles. The number of aliphatic hydroxyl groups excluding tert-OH is 4. The van der Waals surface area contributed by atoms with Crippen LogP contribution in [0.4, 0.5) is 0 Å². The first-order valence-corrected chi connectivity index (χ1v) is 11.3. The van der Waals surface area contributed by atoms with Gasteiger partial charge in [-0.25, -0.2) is 0 Å². The van der Waals surface area contributed by atoms with Crippen LogP contribution in [0.5, 0.6) is 0 Å². The lowest BCUT2D eigenvalue weighted by molar-refractivity contribution is -0.192. The van der Waals surface area contributed by atoms with Crippen LogP contribution >= 0.6 is 0 Å². The van der Waals surface area contributed by atoms with E-state index in [0.717, 1.165) is 12.8 Å². The van der Waals surface area contributed by atoms with Gasteiger partial charge in [-0.2, -0.15) is 0 Å². The Morgan fingerprint density at radius 2 is 1.11 bits per heavy atom. The summed E-state index contributed by atoms with van der Waals surface area (Å²) in [6.45, 7) is 1.89. The quantitative estimate of drug-likeness (QED) is 0.302. The van der Waals surface area contributed by atoms with Gasteiger partial charge in [0.05, 0.1) is 6.61 Å². The standard InChI is InChI=1S/C22H43O5/c1-2-3-4-5-6-7-8-9-10-11-12-13-14-15-16-18-20(24)22(26)21(25)19(17-23)27-18/h19-26H,2-17H2,1H3/t19-,20+,21+,22-/m1/s1. The van der Waals surface area contributed by atoms with E-state index >= 15 is 0 Å². The van der Waals surface area contributed by atoms with E-state index in [1.807, 2.05) is 0 Å². The van der Waals surface area contributed by atoms with Gasteiger partial charge < -0.3 is 25.2 Å². The van der Waals surface area contributed by atoms with Crippen LogP contribution in [0.3, 0.4) is 0 Å². The van der Waals surface area contributed by atoms with E-state index in [-0.39, 0.29) is 6.61 Å². The molecule has 0 amide bonds. The summed E-state index contributed by atoms with van der Waals surface area (Å²) in [6, 6.07) is 0. The highest BCUT2D eigenvalue weighted by Crippen LogP contribution is 2.30. The Morgan fingerprint density at radius 3 is 1.56 bits per heavy atom. The number of ether oxygens (including phenoxy) is 1.